The summed E-state index contributed by atoms with van der Waals surface area (Å²) in [5.41, 5.74) is 4.50. The Labute approximate surface area is 329 Å². The molecule has 2 aliphatic rings. The van der Waals surface area contributed by atoms with Gasteiger partial charge in [-0.05, 0) is 70.8 Å². The number of hydrogen-bond acceptors (Lipinski definition) is 12. The smallest absolute Gasteiger partial charge is 0.346 e. The highest BCUT2D eigenvalue weighted by Gasteiger charge is 2.52. The van der Waals surface area contributed by atoms with Crippen molar-refractivity contribution < 1.29 is 39.6 Å². The lowest BCUT2D eigenvalue weighted by molar-refractivity contribution is -0.147. The van der Waals surface area contributed by atoms with Crippen LogP contribution in [0.1, 0.15) is 33.6 Å². The van der Waals surface area contributed by atoms with E-state index in [1.54, 1.807) is 94.3 Å². The minimum Gasteiger partial charge on any atom is -0.508 e. The number of phenols is 4. The second-order valence-electron chi connectivity index (χ2n) is 13.7. The third-order valence-electron chi connectivity index (χ3n) is 9.45. The van der Waals surface area contributed by atoms with E-state index in [4.69, 9.17) is 0 Å². The average Bonchev–Trinajstić information content (AvgIpc) is 3.91. The molecule has 294 valence electrons. The van der Waals surface area contributed by atoms with Crippen LogP contribution in [0.3, 0.4) is 0 Å². The Bertz CT molecular complexity index is 2330. The van der Waals surface area contributed by atoms with Crippen molar-refractivity contribution in [1.29, 1.82) is 0 Å². The number of carbonyl (C=O) groups is 4. The number of imide groups is 2. The number of aromatic nitrogens is 4. The van der Waals surface area contributed by atoms with Gasteiger partial charge in [0.25, 0.3) is 11.8 Å². The van der Waals surface area contributed by atoms with Crippen molar-refractivity contribution in [2.45, 2.75) is 38.3 Å². The summed E-state index contributed by atoms with van der Waals surface area (Å²) in [7, 11) is 0. The van der Waals surface area contributed by atoms with E-state index in [1.165, 1.54) is 24.3 Å². The van der Waals surface area contributed by atoms with Gasteiger partial charge >= 0.3 is 12.1 Å². The van der Waals surface area contributed by atoms with Crippen LogP contribution in [0.25, 0.3) is 0 Å². The zero-order valence-electron chi connectivity index (χ0n) is 30.5. The molecule has 18 nitrogen and oxygen atoms in total. The van der Waals surface area contributed by atoms with Crippen molar-refractivity contribution >= 4 is 35.8 Å². The SMILES string of the molecule is O=C1NC(Nc2nc(Cc3ccc(O)cc3)cn2Cc2ccc(O)cc2)C(=O)N1N1C(=O)NC(Nc2nc(Cc3ccc(O)cc3)cn2Cc2ccc(O)cc2)C1=O. The molecule has 4 aromatic carbocycles. The second kappa shape index (κ2) is 15.3. The molecule has 6 amide bonds. The summed E-state index contributed by atoms with van der Waals surface area (Å²) in [5.74, 6) is -1.09. The Hall–Kier alpha value is -8.02. The fourth-order valence-electron chi connectivity index (χ4n) is 6.59. The summed E-state index contributed by atoms with van der Waals surface area (Å²) < 4.78 is 3.43. The standard InChI is InChI=1S/C40H36N10O8/c51-29-9-1-23(2-10-29)17-27-21-47(19-25-5-13-31(53)14-6-25)37(41-27)43-33-35(55)49(39(57)45-33)50-36(56)34(46-40(50)58)44-38-42-28(18-24-3-11-30(52)12-4-24)22-48(38)20-26-7-15-32(54)16-8-26/h1-16,21-22,33-34,51-54H,17-20H2,(H,41,43)(H,42,44)(H,45,57)(H,46,58). The fourth-order valence-corrected chi connectivity index (χ4v) is 6.59. The van der Waals surface area contributed by atoms with Crippen LogP contribution in [0.5, 0.6) is 23.0 Å². The lowest BCUT2D eigenvalue weighted by atomic mass is 10.1. The maximum Gasteiger partial charge on any atom is 0.346 e. The monoisotopic (exact) mass is 784 g/mol. The van der Waals surface area contributed by atoms with Gasteiger partial charge in [0.1, 0.15) is 23.0 Å². The molecule has 0 radical (unpaired) electrons. The highest BCUT2D eigenvalue weighted by Crippen LogP contribution is 2.24. The lowest BCUT2D eigenvalue weighted by Gasteiger charge is -2.21. The molecular formula is C40H36N10O8. The molecule has 0 saturated carbocycles. The first-order chi connectivity index (χ1) is 27.9. The molecule has 8 N–H and O–H groups in total. The van der Waals surface area contributed by atoms with Gasteiger partial charge < -0.3 is 50.8 Å². The van der Waals surface area contributed by atoms with Crippen molar-refractivity contribution in [3.05, 3.63) is 143 Å². The van der Waals surface area contributed by atoms with E-state index in [0.717, 1.165) is 22.3 Å². The van der Waals surface area contributed by atoms with Gasteiger partial charge in [0.15, 0.2) is 12.3 Å². The van der Waals surface area contributed by atoms with E-state index in [0.29, 0.717) is 34.2 Å². The van der Waals surface area contributed by atoms with Gasteiger partial charge in [0, 0.05) is 25.2 Å². The highest BCUT2D eigenvalue weighted by molar-refractivity contribution is 6.13. The predicted octanol–water partition coefficient (Wildman–Crippen LogP) is 3.38. The normalized spacial score (nSPS) is 16.5. The summed E-state index contributed by atoms with van der Waals surface area (Å²) in [6, 6.07) is 24.2. The number of phenolic OH excluding ortho intramolecular Hbond substituents is 4. The van der Waals surface area contributed by atoms with Gasteiger partial charge in [-0.3, -0.25) is 9.59 Å². The predicted molar refractivity (Wildman–Crippen MR) is 206 cm³/mol. The molecule has 2 aromatic heterocycles. The maximum atomic E-state index is 13.8. The minimum absolute atomic E-state index is 0.0905. The molecule has 6 aromatic rings. The highest BCUT2D eigenvalue weighted by atomic mass is 16.3. The quantitative estimate of drug-likeness (QED) is 0.0787. The van der Waals surface area contributed by atoms with Crippen molar-refractivity contribution in [3.8, 4) is 23.0 Å². The number of hydrogen-bond donors (Lipinski definition) is 8. The molecule has 0 bridgehead atoms. The Morgan fingerprint density at radius 3 is 1.12 bits per heavy atom. The second-order valence-corrected chi connectivity index (χ2v) is 13.7. The first kappa shape index (κ1) is 36.9. The third-order valence-corrected chi connectivity index (χ3v) is 9.45. The maximum absolute atomic E-state index is 13.8. The number of rotatable bonds is 13. The number of hydrazine groups is 1. The number of carbonyl (C=O) groups excluding carboxylic acids is 4. The Morgan fingerprint density at radius 2 is 0.793 bits per heavy atom. The average molecular weight is 785 g/mol. The number of nitrogens with zero attached hydrogens (tertiary/aromatic N) is 6. The number of amides is 6. The fraction of sp³-hybridized carbons (Fsp3) is 0.150. The summed E-state index contributed by atoms with van der Waals surface area (Å²) in [5, 5.41) is 50.7. The molecule has 2 atom stereocenters. The van der Waals surface area contributed by atoms with Crippen LogP contribution in [-0.2, 0) is 35.5 Å². The Kier molecular flexibility index (Phi) is 9.71. The van der Waals surface area contributed by atoms with E-state index in [2.05, 4.69) is 31.2 Å². The molecular weight excluding hydrogens is 749 g/mol. The Balaban J connectivity index is 1.00. The van der Waals surface area contributed by atoms with Crippen molar-refractivity contribution in [1.82, 2.24) is 39.8 Å². The van der Waals surface area contributed by atoms with Crippen molar-refractivity contribution in [2.24, 2.45) is 0 Å². The zero-order chi connectivity index (χ0) is 40.5. The summed E-state index contributed by atoms with van der Waals surface area (Å²) in [6.45, 7) is 0.534. The lowest BCUT2D eigenvalue weighted by Crippen LogP contribution is -2.51. The number of imidazole rings is 2. The van der Waals surface area contributed by atoms with Gasteiger partial charge in [0.2, 0.25) is 11.9 Å². The summed E-state index contributed by atoms with van der Waals surface area (Å²) in [6.07, 6.45) is 1.42. The third kappa shape index (κ3) is 7.87. The van der Waals surface area contributed by atoms with Crippen molar-refractivity contribution in [2.75, 3.05) is 10.6 Å². The van der Waals surface area contributed by atoms with E-state index in [-0.39, 0.29) is 48.0 Å². The topological polar surface area (TPSA) is 239 Å². The molecule has 8 rings (SSSR count). The largest absolute Gasteiger partial charge is 0.508 e. The van der Waals surface area contributed by atoms with Crippen LogP contribution in [-0.4, -0.2) is 85.8 Å². The van der Waals surface area contributed by atoms with Crippen LogP contribution < -0.4 is 21.3 Å². The van der Waals surface area contributed by atoms with E-state index in [9.17, 15) is 39.6 Å². The van der Waals surface area contributed by atoms with Crippen LogP contribution >= 0.6 is 0 Å². The minimum atomic E-state index is -1.42. The summed E-state index contributed by atoms with van der Waals surface area (Å²) in [4.78, 5) is 63.6. The van der Waals surface area contributed by atoms with Crippen LogP contribution in [0.4, 0.5) is 21.5 Å². The first-order valence-electron chi connectivity index (χ1n) is 18.0. The first-order valence-corrected chi connectivity index (χ1v) is 18.0. The van der Waals surface area contributed by atoms with Gasteiger partial charge in [0.05, 0.1) is 24.5 Å². The molecule has 2 aliphatic heterocycles. The molecule has 2 unspecified atom stereocenters. The number of urea groups is 2. The number of nitrogens with one attached hydrogen (secondary N) is 4. The molecule has 0 spiro atoms. The zero-order valence-corrected chi connectivity index (χ0v) is 30.5. The number of anilines is 2. The number of aromatic hydroxyl groups is 4. The van der Waals surface area contributed by atoms with Gasteiger partial charge in [-0.1, -0.05) is 48.5 Å². The van der Waals surface area contributed by atoms with Crippen LogP contribution in [0, 0.1) is 0 Å². The number of benzene rings is 4. The van der Waals surface area contributed by atoms with Gasteiger partial charge in [-0.15, -0.1) is 0 Å². The molecule has 58 heavy (non-hydrogen) atoms. The van der Waals surface area contributed by atoms with Crippen molar-refractivity contribution in [3.63, 3.8) is 0 Å². The van der Waals surface area contributed by atoms with E-state index < -0.39 is 36.2 Å². The van der Waals surface area contributed by atoms with Crippen LogP contribution in [0.15, 0.2) is 109 Å². The molecule has 2 fully saturated rings. The summed E-state index contributed by atoms with van der Waals surface area (Å²) >= 11 is 0. The van der Waals surface area contributed by atoms with Gasteiger partial charge in [-0.25, -0.2) is 19.6 Å². The molecule has 2 saturated heterocycles. The van der Waals surface area contributed by atoms with E-state index >= 15 is 0 Å². The molecule has 4 heterocycles. The van der Waals surface area contributed by atoms with E-state index in [1.807, 2.05) is 0 Å². The molecule has 18 heteroatoms. The molecule has 0 aliphatic carbocycles. The van der Waals surface area contributed by atoms with Crippen LogP contribution in [0.2, 0.25) is 0 Å². The Morgan fingerprint density at radius 1 is 0.483 bits per heavy atom. The van der Waals surface area contributed by atoms with Gasteiger partial charge in [-0.2, -0.15) is 10.0 Å².